The molecule has 2 fully saturated rings. The minimum absolute atomic E-state index is 0. The van der Waals surface area contributed by atoms with Crippen LogP contribution in [0.3, 0.4) is 0 Å². The van der Waals surface area contributed by atoms with Gasteiger partial charge in [0.1, 0.15) is 13.2 Å². The molecule has 0 aliphatic carbocycles. The van der Waals surface area contributed by atoms with E-state index in [-0.39, 0.29) is 42.5 Å². The fourth-order valence-corrected chi connectivity index (χ4v) is 7.60. The van der Waals surface area contributed by atoms with Crippen LogP contribution in [-0.2, 0) is 27.4 Å². The summed E-state index contributed by atoms with van der Waals surface area (Å²) in [4.78, 5) is 35.6. The SMILES string of the molecule is COC(=O)CC1CCN(Cc2ccc([C@H]3COc4cccnc4O3)cc2)CC1.O=C(O)CC1CCN(Cc2ccc([C@H]3COc4cccnc4O3)cc2)CC1.[Li+].[OH-]. The van der Waals surface area contributed by atoms with Crippen molar-refractivity contribution in [3.05, 3.63) is 107 Å². The van der Waals surface area contributed by atoms with Crippen LogP contribution in [-0.4, -0.2) is 88.8 Å². The topological polar surface area (TPSA) is 163 Å². The van der Waals surface area contributed by atoms with E-state index in [0.29, 0.717) is 61.2 Å². The maximum Gasteiger partial charge on any atom is 1.00 e. The molecule has 0 bridgehead atoms. The van der Waals surface area contributed by atoms with Gasteiger partial charge < -0.3 is 34.3 Å². The van der Waals surface area contributed by atoms with Crippen LogP contribution >= 0.6 is 0 Å². The largest absolute Gasteiger partial charge is 1.00 e. The number of aromatic nitrogens is 2. The van der Waals surface area contributed by atoms with E-state index in [4.69, 9.17) is 28.8 Å². The number of ether oxygens (including phenoxy) is 5. The zero-order chi connectivity index (χ0) is 38.0. The third-order valence-corrected chi connectivity index (χ3v) is 10.8. The molecule has 2 aromatic heterocycles. The maximum absolute atomic E-state index is 11.4. The number of carboxylic acid groups (broad SMARTS) is 1. The van der Waals surface area contributed by atoms with Crippen LogP contribution in [0.25, 0.3) is 0 Å². The normalized spacial score (nSPS) is 19.5. The first kappa shape index (κ1) is 43.5. The Bertz CT molecular complexity index is 1870. The van der Waals surface area contributed by atoms with Crippen molar-refractivity contribution in [1.29, 1.82) is 0 Å². The van der Waals surface area contributed by atoms with Crippen molar-refractivity contribution in [3.63, 3.8) is 0 Å². The molecule has 4 aromatic rings. The minimum Gasteiger partial charge on any atom is -0.870 e. The number of carboxylic acids is 1. The fraction of sp³-hybridized carbons (Fsp3) is 0.442. The number of fused-ring (bicyclic) bond motifs is 2. The number of pyridine rings is 2. The van der Waals surface area contributed by atoms with Crippen molar-refractivity contribution in [2.24, 2.45) is 11.8 Å². The monoisotopic (exact) mass is 774 g/mol. The van der Waals surface area contributed by atoms with E-state index in [1.807, 2.05) is 24.3 Å². The molecule has 4 aliphatic heterocycles. The maximum atomic E-state index is 11.4. The van der Waals surface area contributed by atoms with E-state index in [0.717, 1.165) is 76.1 Å². The molecule has 0 radical (unpaired) electrons. The molecular formula is C43H51LiN4O9. The van der Waals surface area contributed by atoms with Crippen molar-refractivity contribution in [3.8, 4) is 23.3 Å². The van der Waals surface area contributed by atoms with Gasteiger partial charge in [0.2, 0.25) is 0 Å². The van der Waals surface area contributed by atoms with Gasteiger partial charge in [-0.25, -0.2) is 9.97 Å². The number of methoxy groups -OCH3 is 1. The van der Waals surface area contributed by atoms with Gasteiger partial charge in [0.25, 0.3) is 11.8 Å². The number of likely N-dealkylation sites (tertiary alicyclic amines) is 2. The van der Waals surface area contributed by atoms with Gasteiger partial charge >= 0.3 is 30.8 Å². The molecule has 8 rings (SSSR count). The van der Waals surface area contributed by atoms with E-state index in [2.05, 4.69) is 68.3 Å². The van der Waals surface area contributed by atoms with Crippen LogP contribution in [0.1, 0.15) is 73.0 Å². The van der Waals surface area contributed by atoms with Gasteiger partial charge in [-0.1, -0.05) is 48.5 Å². The molecule has 0 amide bonds. The van der Waals surface area contributed by atoms with Gasteiger partial charge in [-0.15, -0.1) is 0 Å². The van der Waals surface area contributed by atoms with Crippen LogP contribution in [0, 0.1) is 11.8 Å². The smallest absolute Gasteiger partial charge is 0.870 e. The first-order chi connectivity index (χ1) is 26.9. The Morgan fingerprint density at radius 2 is 1.11 bits per heavy atom. The number of aliphatic carboxylic acids is 1. The predicted molar refractivity (Wildman–Crippen MR) is 206 cm³/mol. The van der Waals surface area contributed by atoms with Crippen molar-refractivity contribution in [1.82, 2.24) is 19.8 Å². The summed E-state index contributed by atoms with van der Waals surface area (Å²) >= 11 is 0. The van der Waals surface area contributed by atoms with E-state index >= 15 is 0 Å². The van der Waals surface area contributed by atoms with Gasteiger partial charge in [0.05, 0.1) is 7.11 Å². The second kappa shape index (κ2) is 21.2. The molecule has 0 saturated carbocycles. The Morgan fingerprint density at radius 1 is 0.684 bits per heavy atom. The standard InChI is InChI=1S/C22H26N2O4.C21H24N2O4.Li.H2O/c1-26-21(25)13-16-8-11-24(12-9-16)14-17-4-6-18(7-5-17)20-15-27-19-3-2-10-23-22(19)28-20;24-20(25)12-15-7-10-23(11-8-15)13-16-3-5-17(6-4-16)19-14-26-18-2-1-9-22-21(18)27-19;;/h2-7,10,16,20H,8-9,11-15H2,1H3;1-6,9,15,19H,7-8,10-14H2,(H,24,25);;1H2/q;;+1;/p-1/t20-;19-;;/m11../s1. The molecule has 2 aromatic carbocycles. The molecule has 2 saturated heterocycles. The molecular weight excluding hydrogens is 723 g/mol. The number of carbonyl (C=O) groups excluding carboxylic acids is 1. The first-order valence-corrected chi connectivity index (χ1v) is 19.3. The molecule has 298 valence electrons. The third-order valence-electron chi connectivity index (χ3n) is 10.8. The second-order valence-electron chi connectivity index (χ2n) is 14.7. The first-order valence-electron chi connectivity index (χ1n) is 19.3. The summed E-state index contributed by atoms with van der Waals surface area (Å²) in [5.41, 5.74) is 4.71. The Labute approximate surface area is 346 Å². The van der Waals surface area contributed by atoms with Crippen molar-refractivity contribution in [2.75, 3.05) is 46.5 Å². The number of hydrogen-bond acceptors (Lipinski definition) is 12. The zero-order valence-corrected chi connectivity index (χ0v) is 32.8. The summed E-state index contributed by atoms with van der Waals surface area (Å²) in [6.45, 7) is 6.76. The summed E-state index contributed by atoms with van der Waals surface area (Å²) in [6.07, 6.45) is 7.99. The molecule has 14 heteroatoms. The quantitative estimate of drug-likeness (QED) is 0.184. The van der Waals surface area contributed by atoms with Crippen LogP contribution in [0.4, 0.5) is 0 Å². The van der Waals surface area contributed by atoms with E-state index in [1.54, 1.807) is 12.4 Å². The molecule has 4 aliphatic rings. The predicted octanol–water partition coefficient (Wildman–Crippen LogP) is 3.48. The Hall–Kier alpha value is -4.64. The van der Waals surface area contributed by atoms with Crippen molar-refractivity contribution in [2.45, 2.75) is 63.8 Å². The molecule has 0 unspecified atom stereocenters. The Morgan fingerprint density at radius 3 is 1.51 bits per heavy atom. The summed E-state index contributed by atoms with van der Waals surface area (Å²) in [6, 6.07) is 24.4. The van der Waals surface area contributed by atoms with Crippen LogP contribution in [0.5, 0.6) is 23.3 Å². The number of piperidine rings is 2. The van der Waals surface area contributed by atoms with E-state index < -0.39 is 5.97 Å². The summed E-state index contributed by atoms with van der Waals surface area (Å²) in [5.74, 6) is 2.48. The number of esters is 1. The average molecular weight is 775 g/mol. The van der Waals surface area contributed by atoms with E-state index in [1.165, 1.54) is 18.2 Å². The second-order valence-corrected chi connectivity index (χ2v) is 14.7. The van der Waals surface area contributed by atoms with Crippen LogP contribution < -0.4 is 37.8 Å². The van der Waals surface area contributed by atoms with Crippen molar-refractivity contribution < 1.29 is 62.7 Å². The summed E-state index contributed by atoms with van der Waals surface area (Å²) in [5, 5.41) is 8.92. The molecule has 0 spiro atoms. The number of benzene rings is 2. The Kier molecular flexibility index (Phi) is 16.2. The minimum atomic E-state index is -0.684. The van der Waals surface area contributed by atoms with Gasteiger partial charge in [-0.05, 0) is 110 Å². The number of hydrogen-bond donors (Lipinski definition) is 1. The van der Waals surface area contributed by atoms with E-state index in [9.17, 15) is 9.59 Å². The van der Waals surface area contributed by atoms with Gasteiger partial charge in [-0.2, -0.15) is 0 Å². The molecule has 2 N–H and O–H groups in total. The number of nitrogens with zero attached hydrogens (tertiary/aromatic N) is 4. The molecule has 57 heavy (non-hydrogen) atoms. The number of carbonyl (C=O) groups is 2. The summed E-state index contributed by atoms with van der Waals surface area (Å²) in [7, 11) is 1.46. The van der Waals surface area contributed by atoms with Gasteiger partial charge in [0, 0.05) is 38.3 Å². The third kappa shape index (κ3) is 12.2. The molecule has 2 atom stereocenters. The zero-order valence-electron chi connectivity index (χ0n) is 32.8. The van der Waals surface area contributed by atoms with Gasteiger partial charge in [0.15, 0.2) is 23.7 Å². The summed E-state index contributed by atoms with van der Waals surface area (Å²) < 4.78 is 28.2. The number of rotatable bonds is 10. The van der Waals surface area contributed by atoms with Gasteiger partial charge in [-0.3, -0.25) is 19.4 Å². The van der Waals surface area contributed by atoms with Crippen LogP contribution in [0.2, 0.25) is 0 Å². The van der Waals surface area contributed by atoms with Crippen molar-refractivity contribution >= 4 is 11.9 Å². The average Bonchev–Trinajstić information content (AvgIpc) is 3.22. The Balaban J connectivity index is 0.000000210. The van der Waals surface area contributed by atoms with Crippen LogP contribution in [0.15, 0.2) is 85.2 Å². The molecule has 6 heterocycles. The molecule has 13 nitrogen and oxygen atoms in total. The fourth-order valence-electron chi connectivity index (χ4n) is 7.60.